The predicted molar refractivity (Wildman–Crippen MR) is 115 cm³/mol. The number of nitro groups is 1. The second kappa shape index (κ2) is 8.61. The van der Waals surface area contributed by atoms with Gasteiger partial charge in [-0.3, -0.25) is 24.5 Å². The van der Waals surface area contributed by atoms with Crippen LogP contribution in [0.25, 0.3) is 0 Å². The van der Waals surface area contributed by atoms with Crippen LogP contribution in [0.2, 0.25) is 0 Å². The van der Waals surface area contributed by atoms with Crippen LogP contribution in [0.3, 0.4) is 0 Å². The summed E-state index contributed by atoms with van der Waals surface area (Å²) in [5, 5.41) is 22.4. The van der Waals surface area contributed by atoms with Gasteiger partial charge in [-0.1, -0.05) is 12.1 Å². The van der Waals surface area contributed by atoms with Crippen molar-refractivity contribution in [3.8, 4) is 0 Å². The number of hydrogen-bond donors (Lipinski definition) is 1. The maximum Gasteiger partial charge on any atom is 0.317 e. The highest BCUT2D eigenvalue weighted by atomic mass is 16.6. The van der Waals surface area contributed by atoms with E-state index in [-0.39, 0.29) is 11.3 Å². The minimum Gasteiger partial charge on any atom is -0.460 e. The van der Waals surface area contributed by atoms with Gasteiger partial charge in [-0.2, -0.15) is 0 Å². The number of hydrogen-bond acceptors (Lipinski definition) is 8. The Bertz CT molecular complexity index is 923. The van der Waals surface area contributed by atoms with Crippen LogP contribution < -0.4 is 0 Å². The van der Waals surface area contributed by atoms with Gasteiger partial charge < -0.3 is 14.6 Å². The van der Waals surface area contributed by atoms with Crippen LogP contribution in [-0.4, -0.2) is 44.6 Å². The van der Waals surface area contributed by atoms with Crippen LogP contribution in [0.4, 0.5) is 5.69 Å². The summed E-state index contributed by atoms with van der Waals surface area (Å²) < 4.78 is 11.0. The summed E-state index contributed by atoms with van der Waals surface area (Å²) in [5.41, 5.74) is -3.73. The first kappa shape index (κ1) is 25.5. The normalized spacial score (nSPS) is 26.4. The molecule has 0 aliphatic heterocycles. The average molecular weight is 450 g/mol. The van der Waals surface area contributed by atoms with E-state index in [1.807, 2.05) is 0 Å². The van der Waals surface area contributed by atoms with E-state index in [2.05, 4.69) is 0 Å². The number of nitro benzene ring substituents is 1. The molecule has 0 heterocycles. The molecule has 2 rings (SSSR count). The molecular weight excluding hydrogens is 418 g/mol. The van der Waals surface area contributed by atoms with Gasteiger partial charge in [-0.15, -0.1) is 0 Å². The smallest absolute Gasteiger partial charge is 0.317 e. The number of nitrogens with zero attached hydrogens (tertiary/aromatic N) is 1. The summed E-state index contributed by atoms with van der Waals surface area (Å²) in [6.45, 7) is 11.2. The molecule has 1 aromatic carbocycles. The van der Waals surface area contributed by atoms with Gasteiger partial charge in [-0.05, 0) is 54.0 Å². The van der Waals surface area contributed by atoms with Crippen molar-refractivity contribution in [2.75, 3.05) is 0 Å². The van der Waals surface area contributed by atoms with E-state index in [1.165, 1.54) is 31.2 Å². The quantitative estimate of drug-likeness (QED) is 0.320. The molecule has 176 valence electrons. The fraction of sp³-hybridized carbons (Fsp3) is 0.609. The third-order valence-electron chi connectivity index (χ3n) is 5.05. The Labute approximate surface area is 187 Å². The first-order valence-electron chi connectivity index (χ1n) is 10.4. The second-order valence-electron chi connectivity index (χ2n) is 10.4. The fourth-order valence-electron chi connectivity index (χ4n) is 3.99. The zero-order valence-electron chi connectivity index (χ0n) is 19.5. The highest BCUT2D eigenvalue weighted by Gasteiger charge is 2.58. The van der Waals surface area contributed by atoms with E-state index in [0.717, 1.165) is 0 Å². The third kappa shape index (κ3) is 5.91. The largest absolute Gasteiger partial charge is 0.460 e. The van der Waals surface area contributed by atoms with Crippen molar-refractivity contribution in [1.29, 1.82) is 0 Å². The van der Waals surface area contributed by atoms with Crippen LogP contribution in [0, 0.1) is 22.0 Å². The molecule has 0 amide bonds. The van der Waals surface area contributed by atoms with E-state index in [4.69, 9.17) is 9.47 Å². The van der Waals surface area contributed by atoms with Crippen molar-refractivity contribution < 1.29 is 33.9 Å². The predicted octanol–water partition coefficient (Wildman–Crippen LogP) is 3.32. The van der Waals surface area contributed by atoms with Crippen molar-refractivity contribution in [2.45, 2.75) is 77.6 Å². The van der Waals surface area contributed by atoms with Gasteiger partial charge in [0.25, 0.3) is 5.69 Å². The Hall–Kier alpha value is -2.81. The molecule has 1 aliphatic rings. The van der Waals surface area contributed by atoms with Crippen LogP contribution in [0.5, 0.6) is 0 Å². The molecule has 4 atom stereocenters. The van der Waals surface area contributed by atoms with Gasteiger partial charge in [0.05, 0.1) is 16.4 Å². The first-order chi connectivity index (χ1) is 14.4. The molecule has 1 fully saturated rings. The summed E-state index contributed by atoms with van der Waals surface area (Å²) >= 11 is 0. The van der Waals surface area contributed by atoms with Crippen molar-refractivity contribution in [1.82, 2.24) is 0 Å². The van der Waals surface area contributed by atoms with E-state index < -0.39 is 63.6 Å². The standard InChI is InChI=1S/C23H31NO8/c1-21(2,3)31-19(26)17-15(25)12-23(7,28)18(20(27)32-22(4,5)6)16(17)13-9-8-10-14(11-13)24(29)30/h8-11,16-18,28H,12H2,1-7H3/t16-,17-,18+,23-/m0/s1. The molecule has 0 spiro atoms. The summed E-state index contributed by atoms with van der Waals surface area (Å²) in [7, 11) is 0. The third-order valence-corrected chi connectivity index (χ3v) is 5.05. The summed E-state index contributed by atoms with van der Waals surface area (Å²) in [4.78, 5) is 50.1. The lowest BCUT2D eigenvalue weighted by molar-refractivity contribution is -0.385. The molecule has 9 nitrogen and oxygen atoms in total. The van der Waals surface area contributed by atoms with E-state index in [1.54, 1.807) is 41.5 Å². The number of esters is 2. The number of carbonyl (C=O) groups is 3. The lowest BCUT2D eigenvalue weighted by atomic mass is 9.61. The van der Waals surface area contributed by atoms with Gasteiger partial charge in [0.2, 0.25) is 0 Å². The summed E-state index contributed by atoms with van der Waals surface area (Å²) in [5.74, 6) is -6.26. The molecule has 1 N–H and O–H groups in total. The molecule has 0 bridgehead atoms. The number of ketones is 1. The Morgan fingerprint density at radius 2 is 1.62 bits per heavy atom. The molecule has 1 aromatic rings. The number of aliphatic hydroxyl groups is 1. The lowest BCUT2D eigenvalue weighted by Gasteiger charge is -2.44. The lowest BCUT2D eigenvalue weighted by Crippen LogP contribution is -2.56. The molecule has 0 radical (unpaired) electrons. The second-order valence-corrected chi connectivity index (χ2v) is 10.4. The molecule has 1 saturated carbocycles. The van der Waals surface area contributed by atoms with Crippen molar-refractivity contribution in [3.63, 3.8) is 0 Å². The number of benzene rings is 1. The Morgan fingerprint density at radius 3 is 2.12 bits per heavy atom. The first-order valence-corrected chi connectivity index (χ1v) is 10.4. The summed E-state index contributed by atoms with van der Waals surface area (Å²) in [6, 6.07) is 5.35. The van der Waals surface area contributed by atoms with Gasteiger partial charge in [0, 0.05) is 24.5 Å². The van der Waals surface area contributed by atoms with Crippen molar-refractivity contribution in [3.05, 3.63) is 39.9 Å². The Kier molecular flexibility index (Phi) is 6.85. The zero-order valence-corrected chi connectivity index (χ0v) is 19.5. The zero-order chi connectivity index (χ0) is 24.6. The minimum atomic E-state index is -1.84. The molecular formula is C23H31NO8. The van der Waals surface area contributed by atoms with Crippen LogP contribution in [0.15, 0.2) is 24.3 Å². The molecule has 32 heavy (non-hydrogen) atoms. The minimum absolute atomic E-state index is 0.194. The fourth-order valence-corrected chi connectivity index (χ4v) is 3.99. The van der Waals surface area contributed by atoms with Gasteiger partial charge in [-0.25, -0.2) is 0 Å². The SMILES string of the molecule is CC(C)(C)OC(=O)[C@H]1C(=O)C[C@](C)(O)[C@@H](C(=O)OC(C)(C)C)[C@H]1c1cccc([N+](=O)[O-])c1. The average Bonchev–Trinajstić information content (AvgIpc) is 2.56. The number of Topliss-reactive ketones (excluding diaryl/α,β-unsaturated/α-hetero) is 1. The number of non-ortho nitro benzene ring substituents is 1. The van der Waals surface area contributed by atoms with Crippen molar-refractivity contribution >= 4 is 23.4 Å². The van der Waals surface area contributed by atoms with E-state index in [9.17, 15) is 29.6 Å². The van der Waals surface area contributed by atoms with Gasteiger partial charge >= 0.3 is 11.9 Å². The van der Waals surface area contributed by atoms with E-state index in [0.29, 0.717) is 0 Å². The highest BCUT2D eigenvalue weighted by molar-refractivity contribution is 6.03. The molecule has 0 unspecified atom stereocenters. The number of carbonyl (C=O) groups excluding carboxylic acids is 3. The monoisotopic (exact) mass is 449 g/mol. The Balaban J connectivity index is 2.70. The number of ether oxygens (including phenoxy) is 2. The van der Waals surface area contributed by atoms with Crippen LogP contribution in [0.1, 0.15) is 66.4 Å². The maximum absolute atomic E-state index is 13.2. The highest BCUT2D eigenvalue weighted by Crippen LogP contribution is 2.47. The molecule has 1 aliphatic carbocycles. The van der Waals surface area contributed by atoms with Gasteiger partial charge in [0.15, 0.2) is 5.78 Å². The van der Waals surface area contributed by atoms with Crippen molar-refractivity contribution in [2.24, 2.45) is 11.8 Å². The van der Waals surface area contributed by atoms with E-state index >= 15 is 0 Å². The van der Waals surface area contributed by atoms with Gasteiger partial charge in [0.1, 0.15) is 17.1 Å². The van der Waals surface area contributed by atoms with Crippen LogP contribution in [-0.2, 0) is 23.9 Å². The molecule has 0 aromatic heterocycles. The molecule has 9 heteroatoms. The van der Waals surface area contributed by atoms with Crippen LogP contribution >= 0.6 is 0 Å². The molecule has 0 saturated heterocycles. The topological polar surface area (TPSA) is 133 Å². The maximum atomic E-state index is 13.2. The Morgan fingerprint density at radius 1 is 1.09 bits per heavy atom. The number of rotatable bonds is 4. The summed E-state index contributed by atoms with van der Waals surface area (Å²) in [6.07, 6.45) is -0.466.